The Kier molecular flexibility index (Phi) is 6.34. The van der Waals surface area contributed by atoms with E-state index in [2.05, 4.69) is 27.2 Å². The lowest BCUT2D eigenvalue weighted by atomic mass is 10.0. The molecule has 0 unspecified atom stereocenters. The van der Waals surface area contributed by atoms with Gasteiger partial charge in [0, 0.05) is 36.9 Å². The van der Waals surface area contributed by atoms with Crippen molar-refractivity contribution >= 4 is 40.0 Å². The van der Waals surface area contributed by atoms with Gasteiger partial charge in [0.2, 0.25) is 17.2 Å². The van der Waals surface area contributed by atoms with Crippen molar-refractivity contribution in [3.63, 3.8) is 0 Å². The van der Waals surface area contributed by atoms with Crippen molar-refractivity contribution in [1.29, 1.82) is 0 Å². The normalized spacial score (nSPS) is 14.3. The van der Waals surface area contributed by atoms with Crippen molar-refractivity contribution in [2.45, 2.75) is 0 Å². The molecule has 4 aromatic rings. The van der Waals surface area contributed by atoms with Crippen molar-refractivity contribution in [2.75, 3.05) is 42.9 Å². The number of amides is 1. The van der Waals surface area contributed by atoms with E-state index in [1.54, 1.807) is 48.5 Å². The quantitative estimate of drug-likeness (QED) is 0.447. The van der Waals surface area contributed by atoms with Crippen LogP contribution >= 0.6 is 11.6 Å². The lowest BCUT2D eigenvalue weighted by molar-refractivity contribution is -0.117. The monoisotopic (exact) mass is 473 g/mol. The average Bonchev–Trinajstić information content (AvgIpc) is 2.86. The molecule has 1 aromatic heterocycles. The maximum Gasteiger partial charge on any atom is 0.240 e. The molecule has 0 bridgehead atoms. The number of carbonyl (C=O) groups is 1. The van der Waals surface area contributed by atoms with Gasteiger partial charge in [-0.2, -0.15) is 0 Å². The second-order valence-electron chi connectivity index (χ2n) is 8.29. The molecule has 0 atom stereocenters. The number of fused-ring (bicyclic) bond motifs is 1. The number of benzene rings is 3. The van der Waals surface area contributed by atoms with E-state index < -0.39 is 0 Å². The lowest BCUT2D eigenvalue weighted by Crippen LogP contribution is -2.48. The molecule has 1 aliphatic heterocycles. The Labute approximate surface area is 202 Å². The Bertz CT molecular complexity index is 1360. The van der Waals surface area contributed by atoms with E-state index in [4.69, 9.17) is 16.0 Å². The summed E-state index contributed by atoms with van der Waals surface area (Å²) in [6, 6.07) is 24.2. The molecule has 0 aliphatic carbocycles. The van der Waals surface area contributed by atoms with Gasteiger partial charge in [0.25, 0.3) is 0 Å². The number of halogens is 1. The highest BCUT2D eigenvalue weighted by Gasteiger charge is 2.22. The summed E-state index contributed by atoms with van der Waals surface area (Å²) in [7, 11) is 0. The van der Waals surface area contributed by atoms with Crippen LogP contribution in [0.1, 0.15) is 0 Å². The van der Waals surface area contributed by atoms with Gasteiger partial charge in [0.1, 0.15) is 5.58 Å². The van der Waals surface area contributed by atoms with Crippen LogP contribution in [0.5, 0.6) is 0 Å². The van der Waals surface area contributed by atoms with Crippen LogP contribution in [-0.4, -0.2) is 43.5 Å². The molecule has 6 nitrogen and oxygen atoms in total. The van der Waals surface area contributed by atoms with Crippen LogP contribution in [0.15, 0.2) is 88.1 Å². The SMILES string of the molecule is O=C(CN1CCN(c2ccccc2)CC1)Nc1oc2ccccc2c(=O)c1-c1ccc(Cl)cc1. The summed E-state index contributed by atoms with van der Waals surface area (Å²) in [4.78, 5) is 30.7. The predicted molar refractivity (Wildman–Crippen MR) is 137 cm³/mol. The van der Waals surface area contributed by atoms with Gasteiger partial charge in [-0.15, -0.1) is 0 Å². The molecule has 0 spiro atoms. The minimum absolute atomic E-state index is 0.152. The zero-order valence-electron chi connectivity index (χ0n) is 18.5. The topological polar surface area (TPSA) is 65.8 Å². The largest absolute Gasteiger partial charge is 0.439 e. The van der Waals surface area contributed by atoms with Crippen molar-refractivity contribution in [3.05, 3.63) is 94.1 Å². The highest BCUT2D eigenvalue weighted by atomic mass is 35.5. The number of anilines is 2. The molecule has 2 heterocycles. The maximum atomic E-state index is 13.3. The summed E-state index contributed by atoms with van der Waals surface area (Å²) in [6.45, 7) is 3.46. The molecule has 0 saturated carbocycles. The minimum atomic E-state index is -0.221. The first-order valence-electron chi connectivity index (χ1n) is 11.2. The molecule has 7 heteroatoms. The lowest BCUT2D eigenvalue weighted by Gasteiger charge is -2.35. The van der Waals surface area contributed by atoms with Crippen molar-refractivity contribution in [2.24, 2.45) is 0 Å². The van der Waals surface area contributed by atoms with Gasteiger partial charge < -0.3 is 9.32 Å². The molecular weight excluding hydrogens is 450 g/mol. The second kappa shape index (κ2) is 9.71. The van der Waals surface area contributed by atoms with Crippen LogP contribution in [0.2, 0.25) is 5.02 Å². The van der Waals surface area contributed by atoms with E-state index in [1.165, 1.54) is 5.69 Å². The molecule has 172 valence electrons. The van der Waals surface area contributed by atoms with Gasteiger partial charge in [0.15, 0.2) is 0 Å². The third kappa shape index (κ3) is 4.69. The number of nitrogens with zero attached hydrogens (tertiary/aromatic N) is 2. The minimum Gasteiger partial charge on any atom is -0.439 e. The first kappa shape index (κ1) is 22.2. The van der Waals surface area contributed by atoms with Crippen LogP contribution in [0, 0.1) is 0 Å². The smallest absolute Gasteiger partial charge is 0.240 e. The third-order valence-corrected chi connectivity index (χ3v) is 6.30. The van der Waals surface area contributed by atoms with Crippen molar-refractivity contribution < 1.29 is 9.21 Å². The zero-order chi connectivity index (χ0) is 23.5. The Hall–Kier alpha value is -3.61. The van der Waals surface area contributed by atoms with Crippen molar-refractivity contribution in [3.8, 4) is 11.1 Å². The highest BCUT2D eigenvalue weighted by Crippen LogP contribution is 2.29. The Balaban J connectivity index is 1.35. The van der Waals surface area contributed by atoms with E-state index >= 15 is 0 Å². The van der Waals surface area contributed by atoms with Gasteiger partial charge in [-0.1, -0.05) is 54.1 Å². The fourth-order valence-electron chi connectivity index (χ4n) is 4.28. The van der Waals surface area contributed by atoms with Crippen LogP contribution in [-0.2, 0) is 4.79 Å². The van der Waals surface area contributed by atoms with E-state index in [9.17, 15) is 9.59 Å². The molecule has 1 saturated heterocycles. The number of nitrogens with one attached hydrogen (secondary N) is 1. The number of hydrogen-bond acceptors (Lipinski definition) is 5. The average molecular weight is 474 g/mol. The van der Waals surface area contributed by atoms with Crippen LogP contribution in [0.3, 0.4) is 0 Å². The molecule has 1 amide bonds. The number of hydrogen-bond donors (Lipinski definition) is 1. The van der Waals surface area contributed by atoms with Gasteiger partial charge in [-0.05, 0) is 42.0 Å². The Morgan fingerprint density at radius 2 is 1.56 bits per heavy atom. The first-order chi connectivity index (χ1) is 16.6. The summed E-state index contributed by atoms with van der Waals surface area (Å²) in [5.74, 6) is -0.0688. The highest BCUT2D eigenvalue weighted by molar-refractivity contribution is 6.30. The third-order valence-electron chi connectivity index (χ3n) is 6.04. The number of para-hydroxylation sites is 2. The summed E-state index contributed by atoms with van der Waals surface area (Å²) >= 11 is 6.04. The summed E-state index contributed by atoms with van der Waals surface area (Å²) in [6.07, 6.45) is 0. The standard InChI is InChI=1S/C27H24ClN3O3/c28-20-12-10-19(11-13-20)25-26(33)22-8-4-5-9-23(22)34-27(25)29-24(32)18-30-14-16-31(17-15-30)21-6-2-1-3-7-21/h1-13H,14-18H2,(H,29,32). The molecule has 1 N–H and O–H groups in total. The Morgan fingerprint density at radius 3 is 2.29 bits per heavy atom. The van der Waals surface area contributed by atoms with Gasteiger partial charge in [-0.3, -0.25) is 19.8 Å². The summed E-state index contributed by atoms with van der Waals surface area (Å²) in [5, 5.41) is 3.88. The van der Waals surface area contributed by atoms with Gasteiger partial charge in [-0.25, -0.2) is 0 Å². The molecule has 5 rings (SSSR count). The van der Waals surface area contributed by atoms with E-state index in [0.717, 1.165) is 26.2 Å². The van der Waals surface area contributed by atoms with Gasteiger partial charge in [0.05, 0.1) is 17.5 Å². The van der Waals surface area contributed by atoms with E-state index in [-0.39, 0.29) is 23.8 Å². The fourth-order valence-corrected chi connectivity index (χ4v) is 4.41. The first-order valence-corrected chi connectivity index (χ1v) is 11.6. The number of rotatable bonds is 5. The zero-order valence-corrected chi connectivity index (χ0v) is 19.3. The molecule has 34 heavy (non-hydrogen) atoms. The maximum absolute atomic E-state index is 13.3. The molecule has 1 fully saturated rings. The fraction of sp³-hybridized carbons (Fsp3) is 0.185. The van der Waals surface area contributed by atoms with Crippen LogP contribution in [0.25, 0.3) is 22.1 Å². The Morgan fingerprint density at radius 1 is 0.882 bits per heavy atom. The summed E-state index contributed by atoms with van der Waals surface area (Å²) in [5.41, 5.74) is 2.37. The van der Waals surface area contributed by atoms with Crippen LogP contribution in [0.4, 0.5) is 11.6 Å². The van der Waals surface area contributed by atoms with Crippen molar-refractivity contribution in [1.82, 2.24) is 4.90 Å². The molecular formula is C27H24ClN3O3. The number of piperazine rings is 1. The van der Waals surface area contributed by atoms with E-state index in [1.807, 2.05) is 18.2 Å². The van der Waals surface area contributed by atoms with Gasteiger partial charge >= 0.3 is 0 Å². The number of carbonyl (C=O) groups excluding carboxylic acids is 1. The second-order valence-corrected chi connectivity index (χ2v) is 8.72. The summed E-state index contributed by atoms with van der Waals surface area (Å²) < 4.78 is 6.00. The predicted octanol–water partition coefficient (Wildman–Crippen LogP) is 4.87. The van der Waals surface area contributed by atoms with E-state index in [0.29, 0.717) is 27.1 Å². The molecule has 3 aromatic carbocycles. The van der Waals surface area contributed by atoms with Crippen LogP contribution < -0.4 is 15.6 Å². The molecule has 0 radical (unpaired) electrons. The molecule has 1 aliphatic rings.